The van der Waals surface area contributed by atoms with Crippen molar-refractivity contribution in [2.45, 2.75) is 45.1 Å². The van der Waals surface area contributed by atoms with Gasteiger partial charge in [-0.2, -0.15) is 0 Å². The zero-order chi connectivity index (χ0) is 15.5. The molecule has 0 aromatic heterocycles. The highest BCUT2D eigenvalue weighted by molar-refractivity contribution is 7.91. The van der Waals surface area contributed by atoms with Gasteiger partial charge in [0.2, 0.25) is 0 Å². The first kappa shape index (κ1) is 16.5. The van der Waals surface area contributed by atoms with Crippen molar-refractivity contribution in [2.75, 3.05) is 18.1 Å². The van der Waals surface area contributed by atoms with E-state index in [1.165, 1.54) is 5.56 Å². The van der Waals surface area contributed by atoms with E-state index in [0.717, 1.165) is 19.4 Å². The van der Waals surface area contributed by atoms with Crippen molar-refractivity contribution < 1.29 is 8.42 Å². The van der Waals surface area contributed by atoms with Gasteiger partial charge in [-0.15, -0.1) is 0 Å². The second-order valence-electron chi connectivity index (χ2n) is 7.03. The molecule has 2 atom stereocenters. The van der Waals surface area contributed by atoms with Crippen molar-refractivity contribution in [3.8, 4) is 0 Å². The molecule has 1 saturated heterocycles. The molecule has 1 aromatic carbocycles. The summed E-state index contributed by atoms with van der Waals surface area (Å²) in [6.45, 7) is 7.53. The third-order valence-corrected chi connectivity index (χ3v) is 6.29. The van der Waals surface area contributed by atoms with Crippen LogP contribution in [0.25, 0.3) is 0 Å². The molecule has 21 heavy (non-hydrogen) atoms. The Hall–Kier alpha value is -0.870. The third-order valence-electron chi connectivity index (χ3n) is 4.45. The summed E-state index contributed by atoms with van der Waals surface area (Å²) in [5.41, 5.74) is 1.47. The maximum atomic E-state index is 11.5. The Bertz CT molecular complexity index is 551. The minimum atomic E-state index is -2.76. The summed E-state index contributed by atoms with van der Waals surface area (Å²) < 4.78 is 22.9. The molecule has 0 saturated carbocycles. The Morgan fingerprint density at radius 3 is 2.52 bits per heavy atom. The van der Waals surface area contributed by atoms with Crippen LogP contribution in [0.4, 0.5) is 0 Å². The molecule has 0 radical (unpaired) electrons. The molecule has 1 aliphatic heterocycles. The van der Waals surface area contributed by atoms with Gasteiger partial charge in [0.15, 0.2) is 9.84 Å². The van der Waals surface area contributed by atoms with Gasteiger partial charge in [-0.25, -0.2) is 8.42 Å². The van der Waals surface area contributed by atoms with E-state index in [4.69, 9.17) is 0 Å². The fourth-order valence-corrected chi connectivity index (χ4v) is 5.11. The molecule has 118 valence electrons. The van der Waals surface area contributed by atoms with Crippen LogP contribution in [0, 0.1) is 5.92 Å². The van der Waals surface area contributed by atoms with Gasteiger partial charge in [0, 0.05) is 6.04 Å². The molecule has 0 aliphatic carbocycles. The predicted molar refractivity (Wildman–Crippen MR) is 88.3 cm³/mol. The van der Waals surface area contributed by atoms with Crippen molar-refractivity contribution in [3.63, 3.8) is 0 Å². The fraction of sp³-hybridized carbons (Fsp3) is 0.647. The Morgan fingerprint density at radius 1 is 1.29 bits per heavy atom. The number of benzene rings is 1. The fourth-order valence-electron chi connectivity index (χ4n) is 3.25. The van der Waals surface area contributed by atoms with Gasteiger partial charge in [0.1, 0.15) is 0 Å². The van der Waals surface area contributed by atoms with Crippen LogP contribution >= 0.6 is 0 Å². The maximum absolute atomic E-state index is 11.5. The van der Waals surface area contributed by atoms with Gasteiger partial charge in [0.25, 0.3) is 0 Å². The lowest BCUT2D eigenvalue weighted by Gasteiger charge is -2.29. The summed E-state index contributed by atoms with van der Waals surface area (Å²) in [6.07, 6.45) is 1.85. The molecule has 0 amide bonds. The first-order chi connectivity index (χ1) is 9.78. The van der Waals surface area contributed by atoms with Crippen molar-refractivity contribution in [2.24, 2.45) is 5.92 Å². The molecule has 0 spiro atoms. The average molecular weight is 309 g/mol. The van der Waals surface area contributed by atoms with Crippen LogP contribution in [-0.2, 0) is 15.3 Å². The third kappa shape index (κ3) is 4.82. The molecular formula is C17H27NO2S. The minimum Gasteiger partial charge on any atom is -0.314 e. The van der Waals surface area contributed by atoms with Crippen LogP contribution in [-0.4, -0.2) is 32.5 Å². The minimum absolute atomic E-state index is 0.120. The van der Waals surface area contributed by atoms with Crippen molar-refractivity contribution in [3.05, 3.63) is 35.9 Å². The Kier molecular flexibility index (Phi) is 5.10. The molecule has 3 nitrogen and oxygen atoms in total. The summed E-state index contributed by atoms with van der Waals surface area (Å²) in [5, 5.41) is 3.52. The lowest BCUT2D eigenvalue weighted by molar-refractivity contribution is 0.371. The van der Waals surface area contributed by atoms with Gasteiger partial charge in [-0.3, -0.25) is 0 Å². The van der Waals surface area contributed by atoms with E-state index in [1.807, 2.05) is 6.07 Å². The van der Waals surface area contributed by atoms with E-state index >= 15 is 0 Å². The van der Waals surface area contributed by atoms with Crippen molar-refractivity contribution >= 4 is 9.84 Å². The number of sulfone groups is 1. The van der Waals surface area contributed by atoms with Crippen LogP contribution in [0.15, 0.2) is 30.3 Å². The summed E-state index contributed by atoms with van der Waals surface area (Å²) in [5.74, 6) is 1.01. The molecule has 4 heteroatoms. The van der Waals surface area contributed by atoms with Gasteiger partial charge in [-0.05, 0) is 43.2 Å². The van der Waals surface area contributed by atoms with E-state index in [2.05, 4.69) is 50.4 Å². The number of hydrogen-bond donors (Lipinski definition) is 1. The summed E-state index contributed by atoms with van der Waals surface area (Å²) in [4.78, 5) is 0. The van der Waals surface area contributed by atoms with Gasteiger partial charge in [0.05, 0.1) is 11.5 Å². The molecule has 2 unspecified atom stereocenters. The molecular weight excluding hydrogens is 282 g/mol. The summed E-state index contributed by atoms with van der Waals surface area (Å²) in [7, 11) is -2.76. The second-order valence-corrected chi connectivity index (χ2v) is 9.26. The Morgan fingerprint density at radius 2 is 1.95 bits per heavy atom. The highest BCUT2D eigenvalue weighted by atomic mass is 32.2. The lowest BCUT2D eigenvalue weighted by atomic mass is 9.79. The summed E-state index contributed by atoms with van der Waals surface area (Å²) in [6, 6.07) is 10.9. The van der Waals surface area contributed by atoms with E-state index in [0.29, 0.717) is 17.5 Å². The second kappa shape index (κ2) is 6.49. The molecule has 1 heterocycles. The highest BCUT2D eigenvalue weighted by Gasteiger charge is 2.28. The van der Waals surface area contributed by atoms with Crippen LogP contribution < -0.4 is 5.32 Å². The molecule has 0 bridgehead atoms. The quantitative estimate of drug-likeness (QED) is 0.879. The van der Waals surface area contributed by atoms with Crippen LogP contribution in [0.5, 0.6) is 0 Å². The standard InChI is InChI=1S/C17H27NO2S/c1-14(18-12-15-9-10-21(19,20)13-15)11-17(2,3)16-7-5-4-6-8-16/h4-8,14-15,18H,9-13H2,1-3H3. The van der Waals surface area contributed by atoms with Gasteiger partial charge >= 0.3 is 0 Å². The zero-order valence-electron chi connectivity index (χ0n) is 13.3. The number of hydrogen-bond acceptors (Lipinski definition) is 3. The zero-order valence-corrected chi connectivity index (χ0v) is 14.1. The highest BCUT2D eigenvalue weighted by Crippen LogP contribution is 2.28. The first-order valence-electron chi connectivity index (χ1n) is 7.78. The summed E-state index contributed by atoms with van der Waals surface area (Å²) >= 11 is 0. The topological polar surface area (TPSA) is 46.2 Å². The average Bonchev–Trinajstić information content (AvgIpc) is 2.77. The molecule has 1 aliphatic rings. The smallest absolute Gasteiger partial charge is 0.150 e. The van der Waals surface area contributed by atoms with Crippen molar-refractivity contribution in [1.29, 1.82) is 0 Å². The van der Waals surface area contributed by atoms with Crippen LogP contribution in [0.3, 0.4) is 0 Å². The first-order valence-corrected chi connectivity index (χ1v) is 9.60. The van der Waals surface area contributed by atoms with Gasteiger partial charge < -0.3 is 5.32 Å². The Balaban J connectivity index is 1.83. The lowest BCUT2D eigenvalue weighted by Crippen LogP contribution is -2.36. The Labute approximate surface area is 129 Å². The van der Waals surface area contributed by atoms with E-state index < -0.39 is 9.84 Å². The normalized spacial score (nSPS) is 23.1. The monoisotopic (exact) mass is 309 g/mol. The van der Waals surface area contributed by atoms with E-state index in [-0.39, 0.29) is 11.3 Å². The molecule has 1 N–H and O–H groups in total. The van der Waals surface area contributed by atoms with E-state index in [1.54, 1.807) is 0 Å². The largest absolute Gasteiger partial charge is 0.314 e. The number of rotatable bonds is 6. The molecule has 2 rings (SSSR count). The SMILES string of the molecule is CC(CC(C)(C)c1ccccc1)NCC1CCS(=O)(=O)C1. The molecule has 1 fully saturated rings. The molecule has 1 aromatic rings. The maximum Gasteiger partial charge on any atom is 0.150 e. The van der Waals surface area contributed by atoms with Gasteiger partial charge in [-0.1, -0.05) is 44.2 Å². The predicted octanol–water partition coefficient (Wildman–Crippen LogP) is 2.77. The van der Waals surface area contributed by atoms with Crippen LogP contribution in [0.2, 0.25) is 0 Å². The number of nitrogens with one attached hydrogen (secondary N) is 1. The van der Waals surface area contributed by atoms with Crippen molar-refractivity contribution in [1.82, 2.24) is 5.32 Å². The van der Waals surface area contributed by atoms with E-state index in [9.17, 15) is 8.42 Å². The van der Waals surface area contributed by atoms with Crippen LogP contribution in [0.1, 0.15) is 39.2 Å².